The van der Waals surface area contributed by atoms with Crippen molar-refractivity contribution in [2.24, 2.45) is 5.92 Å². The van der Waals surface area contributed by atoms with Gasteiger partial charge in [-0.05, 0) is 31.6 Å². The topological polar surface area (TPSA) is 28.2 Å². The van der Waals surface area contributed by atoms with Gasteiger partial charge in [-0.3, -0.25) is 0 Å². The quantitative estimate of drug-likeness (QED) is 0.887. The first kappa shape index (κ1) is 12.4. The van der Waals surface area contributed by atoms with Crippen LogP contribution in [0.15, 0.2) is 6.20 Å². The fraction of sp³-hybridized carbons (Fsp3) is 0.786. The van der Waals surface area contributed by atoms with Crippen LogP contribution in [0.4, 0.5) is 5.13 Å². The first-order chi connectivity index (χ1) is 8.85. The number of anilines is 1. The van der Waals surface area contributed by atoms with Crippen molar-refractivity contribution in [3.8, 4) is 0 Å². The Balaban J connectivity index is 1.57. The molecule has 3 nitrogen and oxygen atoms in total. The van der Waals surface area contributed by atoms with Crippen LogP contribution in [-0.4, -0.2) is 24.1 Å². The molecule has 1 aliphatic heterocycles. The van der Waals surface area contributed by atoms with Crippen LogP contribution in [0.25, 0.3) is 0 Å². The van der Waals surface area contributed by atoms with Crippen molar-refractivity contribution < 1.29 is 0 Å². The van der Waals surface area contributed by atoms with Gasteiger partial charge in [0.05, 0.1) is 0 Å². The molecule has 18 heavy (non-hydrogen) atoms. The Bertz CT molecular complexity index is 386. The van der Waals surface area contributed by atoms with Crippen molar-refractivity contribution >= 4 is 16.5 Å². The van der Waals surface area contributed by atoms with E-state index in [0.29, 0.717) is 0 Å². The van der Waals surface area contributed by atoms with Gasteiger partial charge in [-0.1, -0.05) is 13.3 Å². The van der Waals surface area contributed by atoms with E-state index in [1.807, 2.05) is 11.3 Å². The molecule has 0 radical (unpaired) electrons. The lowest BCUT2D eigenvalue weighted by Crippen LogP contribution is -2.34. The van der Waals surface area contributed by atoms with Gasteiger partial charge in [-0.2, -0.15) is 0 Å². The minimum Gasteiger partial charge on any atom is -0.348 e. The highest BCUT2D eigenvalue weighted by molar-refractivity contribution is 7.15. The van der Waals surface area contributed by atoms with Crippen molar-refractivity contribution in [1.82, 2.24) is 10.3 Å². The summed E-state index contributed by atoms with van der Waals surface area (Å²) < 4.78 is 0. The Morgan fingerprint density at radius 3 is 3.11 bits per heavy atom. The van der Waals surface area contributed by atoms with Gasteiger partial charge in [0.1, 0.15) is 0 Å². The van der Waals surface area contributed by atoms with E-state index < -0.39 is 0 Å². The molecule has 1 aromatic heterocycles. The van der Waals surface area contributed by atoms with Gasteiger partial charge in [-0.25, -0.2) is 4.98 Å². The zero-order chi connectivity index (χ0) is 12.4. The third-order valence-electron chi connectivity index (χ3n) is 4.05. The fourth-order valence-corrected chi connectivity index (χ4v) is 3.53. The number of nitrogens with one attached hydrogen (secondary N) is 1. The number of aromatic nitrogens is 1. The van der Waals surface area contributed by atoms with E-state index in [1.54, 1.807) is 0 Å². The van der Waals surface area contributed by atoms with Gasteiger partial charge >= 0.3 is 0 Å². The van der Waals surface area contributed by atoms with Gasteiger partial charge in [0.2, 0.25) is 0 Å². The third-order valence-corrected chi connectivity index (χ3v) is 5.11. The van der Waals surface area contributed by atoms with Crippen molar-refractivity contribution in [3.63, 3.8) is 0 Å². The number of hydrogen-bond donors (Lipinski definition) is 1. The second-order valence-electron chi connectivity index (χ2n) is 5.63. The SMILES string of the molecule is CCC1CCCN(c2ncc(CNC3CC3)s2)C1. The Morgan fingerprint density at radius 2 is 2.33 bits per heavy atom. The van der Waals surface area contributed by atoms with Crippen LogP contribution in [0, 0.1) is 5.92 Å². The van der Waals surface area contributed by atoms with E-state index in [0.717, 1.165) is 18.5 Å². The van der Waals surface area contributed by atoms with Crippen LogP contribution < -0.4 is 10.2 Å². The molecule has 0 aromatic carbocycles. The van der Waals surface area contributed by atoms with E-state index in [4.69, 9.17) is 0 Å². The Morgan fingerprint density at radius 1 is 1.44 bits per heavy atom. The Hall–Kier alpha value is -0.610. The van der Waals surface area contributed by atoms with E-state index in [-0.39, 0.29) is 0 Å². The summed E-state index contributed by atoms with van der Waals surface area (Å²) >= 11 is 1.87. The molecule has 0 amide bonds. The molecule has 1 saturated heterocycles. The van der Waals surface area contributed by atoms with Crippen LogP contribution in [0.2, 0.25) is 0 Å². The number of piperidine rings is 1. The van der Waals surface area contributed by atoms with Gasteiger partial charge in [0, 0.05) is 36.8 Å². The maximum absolute atomic E-state index is 4.61. The molecule has 2 aliphatic rings. The summed E-state index contributed by atoms with van der Waals surface area (Å²) in [6.45, 7) is 5.72. The minimum absolute atomic E-state index is 0.787. The minimum atomic E-state index is 0.787. The molecule has 100 valence electrons. The summed E-state index contributed by atoms with van der Waals surface area (Å²) in [6.07, 6.45) is 8.80. The molecule has 0 bridgehead atoms. The predicted octanol–water partition coefficient (Wildman–Crippen LogP) is 3.02. The van der Waals surface area contributed by atoms with Crippen molar-refractivity contribution in [1.29, 1.82) is 0 Å². The monoisotopic (exact) mass is 265 g/mol. The lowest BCUT2D eigenvalue weighted by Gasteiger charge is -2.31. The Kier molecular flexibility index (Phi) is 3.85. The molecule has 4 heteroatoms. The van der Waals surface area contributed by atoms with Gasteiger partial charge in [-0.15, -0.1) is 11.3 Å². The van der Waals surface area contributed by atoms with E-state index in [9.17, 15) is 0 Å². The number of nitrogens with zero attached hydrogens (tertiary/aromatic N) is 2. The first-order valence-electron chi connectivity index (χ1n) is 7.28. The molecule has 1 aromatic rings. The molecule has 1 atom stereocenters. The van der Waals surface area contributed by atoms with Gasteiger partial charge in [0.15, 0.2) is 5.13 Å². The van der Waals surface area contributed by atoms with E-state index in [1.165, 1.54) is 55.2 Å². The summed E-state index contributed by atoms with van der Waals surface area (Å²) in [5.41, 5.74) is 0. The van der Waals surface area contributed by atoms with E-state index in [2.05, 4.69) is 28.3 Å². The molecule has 1 saturated carbocycles. The lowest BCUT2D eigenvalue weighted by atomic mass is 9.96. The smallest absolute Gasteiger partial charge is 0.185 e. The predicted molar refractivity (Wildman–Crippen MR) is 77.2 cm³/mol. The van der Waals surface area contributed by atoms with Gasteiger partial charge < -0.3 is 10.2 Å². The number of thiazole rings is 1. The normalized spacial score (nSPS) is 24.5. The molecular weight excluding hydrogens is 242 g/mol. The summed E-state index contributed by atoms with van der Waals surface area (Å²) in [6, 6.07) is 0.787. The van der Waals surface area contributed by atoms with Crippen LogP contribution in [0.5, 0.6) is 0 Å². The lowest BCUT2D eigenvalue weighted by molar-refractivity contribution is 0.404. The molecule has 0 spiro atoms. The molecular formula is C14H23N3S. The molecule has 3 rings (SSSR count). The standard InChI is InChI=1S/C14H23N3S/c1-2-11-4-3-7-17(10-11)14-16-9-13(18-14)8-15-12-5-6-12/h9,11-12,15H,2-8,10H2,1H3. The maximum atomic E-state index is 4.61. The second kappa shape index (κ2) is 5.57. The average molecular weight is 265 g/mol. The van der Waals surface area contributed by atoms with Crippen molar-refractivity contribution in [2.75, 3.05) is 18.0 Å². The number of rotatable bonds is 5. The summed E-state index contributed by atoms with van der Waals surface area (Å²) in [5, 5.41) is 4.80. The maximum Gasteiger partial charge on any atom is 0.185 e. The highest BCUT2D eigenvalue weighted by atomic mass is 32.1. The Labute approximate surface area is 114 Å². The summed E-state index contributed by atoms with van der Waals surface area (Å²) in [7, 11) is 0. The molecule has 1 N–H and O–H groups in total. The van der Waals surface area contributed by atoms with Crippen molar-refractivity contribution in [3.05, 3.63) is 11.1 Å². The van der Waals surface area contributed by atoms with E-state index >= 15 is 0 Å². The second-order valence-corrected chi connectivity index (χ2v) is 6.72. The average Bonchev–Trinajstić information content (AvgIpc) is 3.13. The van der Waals surface area contributed by atoms with Crippen LogP contribution in [-0.2, 0) is 6.54 Å². The molecule has 1 aliphatic carbocycles. The van der Waals surface area contributed by atoms with Gasteiger partial charge in [0.25, 0.3) is 0 Å². The zero-order valence-corrected chi connectivity index (χ0v) is 12.0. The number of hydrogen-bond acceptors (Lipinski definition) is 4. The summed E-state index contributed by atoms with van der Waals surface area (Å²) in [5.74, 6) is 0.871. The molecule has 2 fully saturated rings. The van der Waals surface area contributed by atoms with Crippen LogP contribution in [0.3, 0.4) is 0 Å². The third kappa shape index (κ3) is 3.04. The zero-order valence-electron chi connectivity index (χ0n) is 11.2. The fourth-order valence-electron chi connectivity index (χ4n) is 2.63. The largest absolute Gasteiger partial charge is 0.348 e. The molecule has 1 unspecified atom stereocenters. The van der Waals surface area contributed by atoms with Crippen LogP contribution >= 0.6 is 11.3 Å². The highest BCUT2D eigenvalue weighted by Crippen LogP contribution is 2.29. The van der Waals surface area contributed by atoms with Crippen LogP contribution in [0.1, 0.15) is 43.9 Å². The highest BCUT2D eigenvalue weighted by Gasteiger charge is 2.22. The molecule has 2 heterocycles. The summed E-state index contributed by atoms with van der Waals surface area (Å²) in [4.78, 5) is 8.49. The first-order valence-corrected chi connectivity index (χ1v) is 8.10. The van der Waals surface area contributed by atoms with Crippen molar-refractivity contribution in [2.45, 2.75) is 51.6 Å².